The molecule has 1 unspecified atom stereocenters. The number of nitrogens with one attached hydrogen (secondary N) is 1. The fourth-order valence-corrected chi connectivity index (χ4v) is 2.59. The number of carbonyl (C=O) groups is 1. The van der Waals surface area contributed by atoms with E-state index in [0.717, 1.165) is 5.69 Å². The van der Waals surface area contributed by atoms with Crippen LogP contribution < -0.4 is 5.32 Å². The van der Waals surface area contributed by atoms with Crippen LogP contribution in [0.5, 0.6) is 0 Å². The van der Waals surface area contributed by atoms with Crippen molar-refractivity contribution in [1.29, 1.82) is 0 Å². The zero-order chi connectivity index (χ0) is 17.9. The first kappa shape index (κ1) is 18.1. The average Bonchev–Trinajstić information content (AvgIpc) is 2.88. The van der Waals surface area contributed by atoms with Crippen LogP contribution in [0, 0.1) is 18.2 Å². The summed E-state index contributed by atoms with van der Waals surface area (Å²) in [6.07, 6.45) is 0.660. The van der Waals surface area contributed by atoms with Crippen molar-refractivity contribution < 1.29 is 14.3 Å². The number of aliphatic hydroxyl groups excluding tert-OH is 1. The first-order valence-electron chi connectivity index (χ1n) is 7.94. The van der Waals surface area contributed by atoms with Crippen molar-refractivity contribution in [2.45, 2.75) is 40.2 Å². The van der Waals surface area contributed by atoms with Gasteiger partial charge in [-0.3, -0.25) is 4.79 Å². The molecular formula is C18H24FN3O2. The number of aromatic nitrogens is 2. The lowest BCUT2D eigenvalue weighted by Crippen LogP contribution is -2.40. The maximum absolute atomic E-state index is 13.0. The third-order valence-corrected chi connectivity index (χ3v) is 3.61. The monoisotopic (exact) mass is 333 g/mol. The van der Waals surface area contributed by atoms with E-state index in [0.29, 0.717) is 12.1 Å². The molecule has 1 aromatic carbocycles. The second kappa shape index (κ2) is 7.13. The molecule has 0 aliphatic carbocycles. The van der Waals surface area contributed by atoms with Crippen molar-refractivity contribution in [3.8, 4) is 5.69 Å². The second-order valence-corrected chi connectivity index (χ2v) is 7.18. The topological polar surface area (TPSA) is 67.2 Å². The van der Waals surface area contributed by atoms with E-state index in [4.69, 9.17) is 0 Å². The lowest BCUT2D eigenvalue weighted by molar-refractivity contribution is 0.0892. The van der Waals surface area contributed by atoms with Crippen LogP contribution in [0.3, 0.4) is 0 Å². The Morgan fingerprint density at radius 1 is 1.33 bits per heavy atom. The molecule has 0 aliphatic rings. The minimum Gasteiger partial charge on any atom is -0.394 e. The highest BCUT2D eigenvalue weighted by Gasteiger charge is 2.22. The van der Waals surface area contributed by atoms with Crippen molar-refractivity contribution in [1.82, 2.24) is 15.1 Å². The van der Waals surface area contributed by atoms with E-state index < -0.39 is 0 Å². The summed E-state index contributed by atoms with van der Waals surface area (Å²) >= 11 is 0. The van der Waals surface area contributed by atoms with Gasteiger partial charge in [0.25, 0.3) is 5.91 Å². The summed E-state index contributed by atoms with van der Waals surface area (Å²) in [4.78, 5) is 12.4. The van der Waals surface area contributed by atoms with Crippen LogP contribution >= 0.6 is 0 Å². The first-order chi connectivity index (χ1) is 11.2. The van der Waals surface area contributed by atoms with E-state index in [2.05, 4.69) is 31.2 Å². The predicted molar refractivity (Wildman–Crippen MR) is 90.7 cm³/mol. The van der Waals surface area contributed by atoms with Gasteiger partial charge in [-0.1, -0.05) is 20.8 Å². The number of benzene rings is 1. The average molecular weight is 333 g/mol. The molecule has 0 spiro atoms. The van der Waals surface area contributed by atoms with Crippen LogP contribution in [0.4, 0.5) is 4.39 Å². The number of aryl methyl sites for hydroxylation is 1. The fraction of sp³-hybridized carbons (Fsp3) is 0.444. The van der Waals surface area contributed by atoms with Crippen molar-refractivity contribution in [3.63, 3.8) is 0 Å². The van der Waals surface area contributed by atoms with Crippen molar-refractivity contribution >= 4 is 5.91 Å². The summed E-state index contributed by atoms with van der Waals surface area (Å²) in [7, 11) is 0. The van der Waals surface area contributed by atoms with E-state index in [1.807, 2.05) is 6.92 Å². The molecule has 2 N–H and O–H groups in total. The number of amides is 1. The molecule has 0 aliphatic heterocycles. The Balaban J connectivity index is 2.16. The summed E-state index contributed by atoms with van der Waals surface area (Å²) in [5.74, 6) is -0.656. The Morgan fingerprint density at radius 3 is 2.50 bits per heavy atom. The Morgan fingerprint density at radius 2 is 1.96 bits per heavy atom. The summed E-state index contributed by atoms with van der Waals surface area (Å²) in [5, 5.41) is 16.6. The summed E-state index contributed by atoms with van der Waals surface area (Å²) < 4.78 is 14.6. The highest BCUT2D eigenvalue weighted by Crippen LogP contribution is 2.21. The van der Waals surface area contributed by atoms with Crippen LogP contribution in [-0.4, -0.2) is 33.4 Å². The van der Waals surface area contributed by atoms with E-state index in [1.54, 1.807) is 22.9 Å². The van der Waals surface area contributed by atoms with E-state index in [1.165, 1.54) is 12.1 Å². The highest BCUT2D eigenvalue weighted by molar-refractivity contribution is 5.92. The van der Waals surface area contributed by atoms with E-state index in [9.17, 15) is 14.3 Å². The van der Waals surface area contributed by atoms with E-state index in [-0.39, 0.29) is 35.5 Å². The standard InChI is InChI=1S/C18H24FN3O2/c1-12-9-16(17(24)20-14(11-23)10-18(2,3)4)21-22(12)15-7-5-13(19)6-8-15/h5-9,14,23H,10-11H2,1-4H3,(H,20,24). The normalized spacial score (nSPS) is 12.9. The number of hydrogen-bond donors (Lipinski definition) is 2. The molecule has 1 amide bonds. The Labute approximate surface area is 141 Å². The highest BCUT2D eigenvalue weighted by atomic mass is 19.1. The molecule has 5 nitrogen and oxygen atoms in total. The molecule has 1 aromatic heterocycles. The molecule has 0 saturated heterocycles. The number of nitrogens with zero attached hydrogens (tertiary/aromatic N) is 2. The second-order valence-electron chi connectivity index (χ2n) is 7.18. The number of aliphatic hydroxyl groups is 1. The molecule has 24 heavy (non-hydrogen) atoms. The number of hydrogen-bond acceptors (Lipinski definition) is 3. The van der Waals surface area contributed by atoms with Gasteiger partial charge in [0, 0.05) is 5.69 Å². The minimum absolute atomic E-state index is 0.00986. The molecule has 0 saturated carbocycles. The Bertz CT molecular complexity index is 702. The molecule has 1 atom stereocenters. The molecule has 2 aromatic rings. The van der Waals surface area contributed by atoms with Gasteiger partial charge in [-0.15, -0.1) is 0 Å². The number of carbonyl (C=O) groups excluding carboxylic acids is 1. The maximum atomic E-state index is 13.0. The van der Waals surface area contributed by atoms with Crippen molar-refractivity contribution in [3.05, 3.63) is 47.5 Å². The van der Waals surface area contributed by atoms with Gasteiger partial charge in [0.15, 0.2) is 5.69 Å². The summed E-state index contributed by atoms with van der Waals surface area (Å²) in [5.41, 5.74) is 1.71. The molecule has 2 rings (SSSR count). The van der Waals surface area contributed by atoms with Crippen LogP contribution in [0.15, 0.2) is 30.3 Å². The molecule has 0 radical (unpaired) electrons. The van der Waals surface area contributed by atoms with Crippen molar-refractivity contribution in [2.75, 3.05) is 6.61 Å². The van der Waals surface area contributed by atoms with Crippen LogP contribution in [0.2, 0.25) is 0 Å². The summed E-state index contributed by atoms with van der Waals surface area (Å²) in [6.45, 7) is 7.85. The van der Waals surface area contributed by atoms with Gasteiger partial charge in [-0.05, 0) is 49.1 Å². The molecule has 6 heteroatoms. The molecule has 130 valence electrons. The smallest absolute Gasteiger partial charge is 0.272 e. The fourth-order valence-electron chi connectivity index (χ4n) is 2.59. The van der Waals surface area contributed by atoms with Gasteiger partial charge in [-0.2, -0.15) is 5.10 Å². The first-order valence-corrected chi connectivity index (χ1v) is 7.94. The number of halogens is 1. The lowest BCUT2D eigenvalue weighted by Gasteiger charge is -2.25. The quantitative estimate of drug-likeness (QED) is 0.884. The minimum atomic E-state index is -0.331. The third kappa shape index (κ3) is 4.64. The van der Waals surface area contributed by atoms with Gasteiger partial charge in [0.05, 0.1) is 18.3 Å². The van der Waals surface area contributed by atoms with Crippen molar-refractivity contribution in [2.24, 2.45) is 5.41 Å². The molecule has 0 bridgehead atoms. The molecule has 1 heterocycles. The largest absolute Gasteiger partial charge is 0.394 e. The molecule has 0 fully saturated rings. The zero-order valence-electron chi connectivity index (χ0n) is 14.5. The van der Waals surface area contributed by atoms with Gasteiger partial charge in [-0.25, -0.2) is 9.07 Å². The van der Waals surface area contributed by atoms with Gasteiger partial charge < -0.3 is 10.4 Å². The molecular weight excluding hydrogens is 309 g/mol. The summed E-state index contributed by atoms with van der Waals surface area (Å²) in [6, 6.07) is 7.25. The SMILES string of the molecule is Cc1cc(C(=O)NC(CO)CC(C)(C)C)nn1-c1ccc(F)cc1. The van der Waals surface area contributed by atoms with E-state index >= 15 is 0 Å². The number of rotatable bonds is 5. The Kier molecular flexibility index (Phi) is 5.39. The Hall–Kier alpha value is -2.21. The predicted octanol–water partition coefficient (Wildman–Crippen LogP) is 2.85. The lowest BCUT2D eigenvalue weighted by atomic mass is 9.88. The van der Waals surface area contributed by atoms with Crippen LogP contribution in [0.25, 0.3) is 5.69 Å². The third-order valence-electron chi connectivity index (χ3n) is 3.61. The van der Waals surface area contributed by atoms with Crippen LogP contribution in [-0.2, 0) is 0 Å². The van der Waals surface area contributed by atoms with Gasteiger partial charge in [0.1, 0.15) is 5.82 Å². The van der Waals surface area contributed by atoms with Gasteiger partial charge in [0.2, 0.25) is 0 Å². The zero-order valence-corrected chi connectivity index (χ0v) is 14.5. The van der Waals surface area contributed by atoms with Crippen LogP contribution in [0.1, 0.15) is 43.4 Å². The maximum Gasteiger partial charge on any atom is 0.272 e. The van der Waals surface area contributed by atoms with Gasteiger partial charge >= 0.3 is 0 Å².